The molecule has 0 aromatic carbocycles. The van der Waals surface area contributed by atoms with Crippen molar-refractivity contribution in [2.45, 2.75) is 0 Å². The standard InChI is InChI=1S/2Co.2Cr.2H2O/h;;;;2*1H2. The zero-order chi connectivity index (χ0) is 0. The van der Waals surface area contributed by atoms with Crippen LogP contribution in [0.1, 0.15) is 0 Å². The quantitative estimate of drug-likeness (QED) is 0.499. The second-order valence-electron chi connectivity index (χ2n) is 0. The molecule has 0 rings (SSSR count). The molecular weight excluding hydrogens is 254 g/mol. The minimum Gasteiger partial charge on any atom is -0.412 e. The summed E-state index contributed by atoms with van der Waals surface area (Å²) in [6.45, 7) is 0. The van der Waals surface area contributed by atoms with Gasteiger partial charge in [-0.05, 0) is 0 Å². The van der Waals surface area contributed by atoms with Gasteiger partial charge in [0, 0.05) is 68.3 Å². The molecule has 46 valence electrons. The molecule has 0 spiro atoms. The van der Waals surface area contributed by atoms with Gasteiger partial charge in [-0.2, -0.15) is 0 Å². The molecule has 0 aliphatic heterocycles. The fourth-order valence-corrected chi connectivity index (χ4v) is 0. The summed E-state index contributed by atoms with van der Waals surface area (Å²) in [5, 5.41) is 0. The fraction of sp³-hybridized carbons (Fsp3) is 0. The SMILES string of the molecule is O.O.[Co].[Co].[Cr].[Cr]. The molecule has 6 heavy (non-hydrogen) atoms. The van der Waals surface area contributed by atoms with Crippen molar-refractivity contribution in [1.29, 1.82) is 0 Å². The molecule has 0 saturated heterocycles. The first-order valence-corrected chi connectivity index (χ1v) is 0. The Morgan fingerprint density at radius 3 is 0.500 bits per heavy atom. The molecule has 0 aromatic rings. The van der Waals surface area contributed by atoms with Gasteiger partial charge in [0.25, 0.3) is 0 Å². The number of rotatable bonds is 0. The van der Waals surface area contributed by atoms with Gasteiger partial charge in [-0.15, -0.1) is 0 Å². The van der Waals surface area contributed by atoms with E-state index in [-0.39, 0.29) is 79.2 Å². The summed E-state index contributed by atoms with van der Waals surface area (Å²) < 4.78 is 0. The third kappa shape index (κ3) is 37.5. The molecule has 0 unspecified atom stereocenters. The first-order valence-electron chi connectivity index (χ1n) is 0. The van der Waals surface area contributed by atoms with E-state index in [2.05, 4.69) is 0 Å². The summed E-state index contributed by atoms with van der Waals surface area (Å²) >= 11 is 0. The largest absolute Gasteiger partial charge is 0.412 e. The molecule has 6 heteroatoms. The van der Waals surface area contributed by atoms with Crippen molar-refractivity contribution in [2.24, 2.45) is 0 Å². The van der Waals surface area contributed by atoms with Gasteiger partial charge >= 0.3 is 0 Å². The van der Waals surface area contributed by atoms with E-state index >= 15 is 0 Å². The molecule has 2 radical (unpaired) electrons. The van der Waals surface area contributed by atoms with Crippen molar-refractivity contribution in [3.8, 4) is 0 Å². The third-order valence-electron chi connectivity index (χ3n) is 0. The Bertz CT molecular complexity index is 9.51. The van der Waals surface area contributed by atoms with E-state index in [1.54, 1.807) is 0 Å². The van der Waals surface area contributed by atoms with Crippen molar-refractivity contribution in [3.63, 3.8) is 0 Å². The van der Waals surface area contributed by atoms with Gasteiger partial charge in [0.1, 0.15) is 0 Å². The Balaban J connectivity index is 0. The van der Waals surface area contributed by atoms with Gasteiger partial charge in [-0.25, -0.2) is 0 Å². The molecule has 0 bridgehead atoms. The van der Waals surface area contributed by atoms with Crippen LogP contribution < -0.4 is 0 Å². The average molecular weight is 258 g/mol. The maximum Gasteiger partial charge on any atom is 0 e. The van der Waals surface area contributed by atoms with Crippen molar-refractivity contribution in [3.05, 3.63) is 0 Å². The van der Waals surface area contributed by atoms with Crippen molar-refractivity contribution >= 4 is 0 Å². The smallest absolute Gasteiger partial charge is 0 e. The maximum atomic E-state index is 0. The van der Waals surface area contributed by atoms with Crippen molar-refractivity contribution in [2.75, 3.05) is 0 Å². The van der Waals surface area contributed by atoms with E-state index in [0.717, 1.165) is 0 Å². The molecule has 0 atom stereocenters. The average Bonchev–Trinajstić information content (AvgIpc) is 0. The van der Waals surface area contributed by atoms with E-state index in [1.807, 2.05) is 0 Å². The summed E-state index contributed by atoms with van der Waals surface area (Å²) in [6.07, 6.45) is 0. The first kappa shape index (κ1) is 98.1. The summed E-state index contributed by atoms with van der Waals surface area (Å²) in [5.41, 5.74) is 0. The van der Waals surface area contributed by atoms with E-state index in [9.17, 15) is 0 Å². The minimum absolute atomic E-state index is 0. The molecule has 2 nitrogen and oxygen atoms in total. The van der Waals surface area contributed by atoms with Gasteiger partial charge < -0.3 is 11.0 Å². The maximum absolute atomic E-state index is 0. The normalized spacial score (nSPS) is 0. The molecule has 0 heterocycles. The summed E-state index contributed by atoms with van der Waals surface area (Å²) in [7, 11) is 0. The van der Waals surface area contributed by atoms with Crippen LogP contribution in [0.15, 0.2) is 0 Å². The Hall–Kier alpha value is 2.00. The van der Waals surface area contributed by atoms with Crippen LogP contribution in [0.3, 0.4) is 0 Å². The number of hydrogen-bond donors (Lipinski definition) is 0. The minimum atomic E-state index is 0. The van der Waals surface area contributed by atoms with Crippen LogP contribution in [0.2, 0.25) is 0 Å². The summed E-state index contributed by atoms with van der Waals surface area (Å²) in [5.74, 6) is 0. The van der Waals surface area contributed by atoms with Gasteiger partial charge in [-0.3, -0.25) is 0 Å². The molecule has 0 saturated carbocycles. The fourth-order valence-electron chi connectivity index (χ4n) is 0. The van der Waals surface area contributed by atoms with E-state index in [0.29, 0.717) is 0 Å². The van der Waals surface area contributed by atoms with Gasteiger partial charge in [-0.1, -0.05) is 0 Å². The van der Waals surface area contributed by atoms with Crippen LogP contribution in [0.4, 0.5) is 0 Å². The Morgan fingerprint density at radius 1 is 0.500 bits per heavy atom. The van der Waals surface area contributed by atoms with Crippen LogP contribution in [0, 0.1) is 0 Å². The molecule has 0 aliphatic carbocycles. The molecule has 0 amide bonds. The molecule has 0 aromatic heterocycles. The van der Waals surface area contributed by atoms with Gasteiger partial charge in [0.05, 0.1) is 0 Å². The second-order valence-corrected chi connectivity index (χ2v) is 0. The predicted molar refractivity (Wildman–Crippen MR) is 7.23 cm³/mol. The second kappa shape index (κ2) is 63.1. The van der Waals surface area contributed by atoms with Gasteiger partial charge in [0.2, 0.25) is 0 Å². The third-order valence-corrected chi connectivity index (χ3v) is 0. The van der Waals surface area contributed by atoms with Crippen LogP contribution in [0.25, 0.3) is 0 Å². The Labute approximate surface area is 78.7 Å². The predicted octanol–water partition coefficient (Wildman–Crippen LogP) is -1.66. The topological polar surface area (TPSA) is 63.0 Å². The van der Waals surface area contributed by atoms with Crippen LogP contribution in [0.5, 0.6) is 0 Å². The zero-order valence-electron chi connectivity index (χ0n) is 2.48. The molecule has 4 N–H and O–H groups in total. The molecule has 0 fully saturated rings. The molecular formula is H4Co2Cr2O2. The Morgan fingerprint density at radius 2 is 0.500 bits per heavy atom. The van der Waals surface area contributed by atoms with E-state index in [4.69, 9.17) is 0 Å². The zero-order valence-corrected chi connectivity index (χ0v) is 7.12. The van der Waals surface area contributed by atoms with E-state index in [1.165, 1.54) is 0 Å². The molecule has 0 aliphatic rings. The Kier molecular flexibility index (Phi) is 1030. The van der Waals surface area contributed by atoms with Gasteiger partial charge in [0.15, 0.2) is 0 Å². The van der Waals surface area contributed by atoms with Crippen LogP contribution in [-0.4, -0.2) is 11.0 Å². The van der Waals surface area contributed by atoms with Crippen molar-refractivity contribution in [1.82, 2.24) is 0 Å². The van der Waals surface area contributed by atoms with Crippen LogP contribution in [-0.2, 0) is 68.3 Å². The van der Waals surface area contributed by atoms with E-state index < -0.39 is 0 Å². The monoisotopic (exact) mass is 258 g/mol. The first-order chi connectivity index (χ1) is 0. The summed E-state index contributed by atoms with van der Waals surface area (Å²) in [4.78, 5) is 0. The summed E-state index contributed by atoms with van der Waals surface area (Å²) in [6, 6.07) is 0. The van der Waals surface area contributed by atoms with Crippen molar-refractivity contribution < 1.29 is 79.2 Å². The number of hydrogen-bond acceptors (Lipinski definition) is 0. The van der Waals surface area contributed by atoms with Crippen LogP contribution >= 0.6 is 0 Å².